The Bertz CT molecular complexity index is 246. The molecule has 0 aliphatic carbocycles. The molecule has 1 atom stereocenters. The quantitative estimate of drug-likeness (QED) is 0.458. The Kier molecular flexibility index (Phi) is 6.73. The Balaban J connectivity index is 3.89. The van der Waals surface area contributed by atoms with Crippen molar-refractivity contribution in [3.8, 4) is 0 Å². The molecule has 0 amide bonds. The van der Waals surface area contributed by atoms with Gasteiger partial charge in [-0.25, -0.2) is 8.37 Å². The molecular formula is C8H16O5S. The van der Waals surface area contributed by atoms with E-state index in [1.54, 1.807) is 0 Å². The molecule has 0 radical (unpaired) electrons. The summed E-state index contributed by atoms with van der Waals surface area (Å²) in [6, 6.07) is 0. The molecule has 0 aliphatic rings. The molecule has 5 nitrogen and oxygen atoms in total. The van der Waals surface area contributed by atoms with Crippen molar-refractivity contribution in [1.82, 2.24) is 0 Å². The lowest BCUT2D eigenvalue weighted by atomic mass is 10.5. The normalized spacial score (nSPS) is 13.9. The van der Waals surface area contributed by atoms with Gasteiger partial charge in [-0.3, -0.25) is 0 Å². The van der Waals surface area contributed by atoms with Crippen molar-refractivity contribution in [2.24, 2.45) is 0 Å². The lowest BCUT2D eigenvalue weighted by molar-refractivity contribution is -0.0693. The fourth-order valence-corrected chi connectivity index (χ4v) is 1.34. The van der Waals surface area contributed by atoms with Crippen molar-refractivity contribution in [1.29, 1.82) is 0 Å². The molecule has 84 valence electrons. The first-order valence-corrected chi connectivity index (χ1v) is 5.65. The SMILES string of the molecule is C=CCOS(=O)(=O)OC(C)OCCC. The Labute approximate surface area is 85.0 Å². The van der Waals surface area contributed by atoms with Crippen LogP contribution in [0.5, 0.6) is 0 Å². The van der Waals surface area contributed by atoms with Crippen LogP contribution in [0.4, 0.5) is 0 Å². The number of hydrogen-bond donors (Lipinski definition) is 0. The first-order chi connectivity index (χ1) is 6.52. The number of ether oxygens (including phenoxy) is 1. The summed E-state index contributed by atoms with van der Waals surface area (Å²) >= 11 is 0. The van der Waals surface area contributed by atoms with Gasteiger partial charge in [0.25, 0.3) is 0 Å². The van der Waals surface area contributed by atoms with Gasteiger partial charge in [-0.05, 0) is 13.3 Å². The van der Waals surface area contributed by atoms with E-state index in [0.717, 1.165) is 6.42 Å². The highest BCUT2D eigenvalue weighted by atomic mass is 32.3. The summed E-state index contributed by atoms with van der Waals surface area (Å²) in [7, 11) is -3.97. The van der Waals surface area contributed by atoms with Crippen LogP contribution in [0.25, 0.3) is 0 Å². The van der Waals surface area contributed by atoms with Gasteiger partial charge in [-0.1, -0.05) is 13.0 Å². The molecule has 0 spiro atoms. The molecule has 0 aromatic heterocycles. The van der Waals surface area contributed by atoms with Crippen LogP contribution in [0.2, 0.25) is 0 Å². The molecule has 0 saturated carbocycles. The van der Waals surface area contributed by atoms with Gasteiger partial charge in [0.2, 0.25) is 0 Å². The largest absolute Gasteiger partial charge is 0.402 e. The fraction of sp³-hybridized carbons (Fsp3) is 0.750. The van der Waals surface area contributed by atoms with Gasteiger partial charge in [-0.15, -0.1) is 6.58 Å². The van der Waals surface area contributed by atoms with Crippen LogP contribution < -0.4 is 0 Å². The molecule has 0 saturated heterocycles. The first-order valence-electron chi connectivity index (χ1n) is 4.32. The molecule has 0 aromatic rings. The Hall–Kier alpha value is -0.430. The fourth-order valence-electron chi connectivity index (χ4n) is 0.637. The van der Waals surface area contributed by atoms with Crippen LogP contribution in [0.3, 0.4) is 0 Å². The van der Waals surface area contributed by atoms with E-state index in [9.17, 15) is 8.42 Å². The first kappa shape index (κ1) is 13.6. The van der Waals surface area contributed by atoms with Crippen LogP contribution in [-0.4, -0.2) is 27.9 Å². The van der Waals surface area contributed by atoms with E-state index in [4.69, 9.17) is 4.74 Å². The highest BCUT2D eigenvalue weighted by Gasteiger charge is 2.16. The summed E-state index contributed by atoms with van der Waals surface area (Å²) in [6.45, 7) is 7.05. The average molecular weight is 224 g/mol. The van der Waals surface area contributed by atoms with Crippen molar-refractivity contribution < 1.29 is 21.5 Å². The third-order valence-electron chi connectivity index (χ3n) is 1.14. The summed E-state index contributed by atoms with van der Waals surface area (Å²) in [4.78, 5) is 0. The highest BCUT2D eigenvalue weighted by molar-refractivity contribution is 7.81. The van der Waals surface area contributed by atoms with E-state index >= 15 is 0 Å². The van der Waals surface area contributed by atoms with E-state index < -0.39 is 16.7 Å². The van der Waals surface area contributed by atoms with Gasteiger partial charge in [0, 0.05) is 6.61 Å². The summed E-state index contributed by atoms with van der Waals surface area (Å²) in [6.07, 6.45) is 1.28. The third kappa shape index (κ3) is 7.02. The van der Waals surface area contributed by atoms with Crippen molar-refractivity contribution in [3.63, 3.8) is 0 Å². The maximum absolute atomic E-state index is 11.0. The molecule has 0 aromatic carbocycles. The molecule has 0 fully saturated rings. The van der Waals surface area contributed by atoms with E-state index in [1.807, 2.05) is 6.92 Å². The summed E-state index contributed by atoms with van der Waals surface area (Å²) < 4.78 is 35.9. The van der Waals surface area contributed by atoms with Gasteiger partial charge < -0.3 is 4.74 Å². The lowest BCUT2D eigenvalue weighted by Gasteiger charge is -2.12. The highest BCUT2D eigenvalue weighted by Crippen LogP contribution is 2.03. The van der Waals surface area contributed by atoms with Crippen molar-refractivity contribution >= 4 is 10.4 Å². The molecule has 0 bridgehead atoms. The maximum Gasteiger partial charge on any atom is 0.402 e. The lowest BCUT2D eigenvalue weighted by Crippen LogP contribution is -2.20. The number of hydrogen-bond acceptors (Lipinski definition) is 5. The molecule has 0 aliphatic heterocycles. The second-order valence-corrected chi connectivity index (χ2v) is 3.76. The van der Waals surface area contributed by atoms with Crippen LogP contribution in [-0.2, 0) is 23.5 Å². The predicted molar refractivity (Wildman–Crippen MR) is 51.9 cm³/mol. The molecule has 1 unspecified atom stereocenters. The van der Waals surface area contributed by atoms with Gasteiger partial charge >= 0.3 is 10.4 Å². The van der Waals surface area contributed by atoms with E-state index in [0.29, 0.717) is 6.61 Å². The molecular weight excluding hydrogens is 208 g/mol. The maximum atomic E-state index is 11.0. The molecule has 0 heterocycles. The molecule has 0 rings (SSSR count). The zero-order valence-corrected chi connectivity index (χ0v) is 9.25. The van der Waals surface area contributed by atoms with Crippen molar-refractivity contribution in [3.05, 3.63) is 12.7 Å². The van der Waals surface area contributed by atoms with Crippen molar-refractivity contribution in [2.75, 3.05) is 13.2 Å². The topological polar surface area (TPSA) is 61.8 Å². The zero-order valence-electron chi connectivity index (χ0n) is 8.43. The number of rotatable bonds is 8. The minimum atomic E-state index is -3.97. The second-order valence-electron chi connectivity index (χ2n) is 2.52. The predicted octanol–water partition coefficient (Wildman–Crippen LogP) is 1.22. The standard InChI is InChI=1S/C8H16O5S/c1-4-6-11-8(3)13-14(9,10)12-7-5-2/h5,8H,2,4,6-7H2,1,3H3. The van der Waals surface area contributed by atoms with Crippen molar-refractivity contribution in [2.45, 2.75) is 26.6 Å². The summed E-state index contributed by atoms with van der Waals surface area (Å²) in [5.74, 6) is 0. The van der Waals surface area contributed by atoms with Crippen LogP contribution in [0.1, 0.15) is 20.3 Å². The Morgan fingerprint density at radius 1 is 1.50 bits per heavy atom. The second kappa shape index (κ2) is 6.94. The van der Waals surface area contributed by atoms with Crippen LogP contribution in [0, 0.1) is 0 Å². The van der Waals surface area contributed by atoms with Crippen LogP contribution in [0.15, 0.2) is 12.7 Å². The monoisotopic (exact) mass is 224 g/mol. The third-order valence-corrected chi connectivity index (χ3v) is 2.07. The zero-order chi connectivity index (χ0) is 11.0. The Morgan fingerprint density at radius 2 is 2.14 bits per heavy atom. The van der Waals surface area contributed by atoms with Gasteiger partial charge in [0.15, 0.2) is 6.29 Å². The van der Waals surface area contributed by atoms with Gasteiger partial charge in [0.05, 0.1) is 6.61 Å². The van der Waals surface area contributed by atoms with E-state index in [2.05, 4.69) is 14.9 Å². The van der Waals surface area contributed by atoms with Gasteiger partial charge in [-0.2, -0.15) is 8.42 Å². The average Bonchev–Trinajstić information content (AvgIpc) is 2.11. The molecule has 14 heavy (non-hydrogen) atoms. The van der Waals surface area contributed by atoms with Gasteiger partial charge in [0.1, 0.15) is 0 Å². The Morgan fingerprint density at radius 3 is 2.64 bits per heavy atom. The van der Waals surface area contributed by atoms with E-state index in [-0.39, 0.29) is 6.61 Å². The smallest absolute Gasteiger partial charge is 0.352 e. The molecule has 0 N–H and O–H groups in total. The summed E-state index contributed by atoms with van der Waals surface area (Å²) in [5, 5.41) is 0. The minimum absolute atomic E-state index is 0.108. The van der Waals surface area contributed by atoms with E-state index in [1.165, 1.54) is 13.0 Å². The molecule has 6 heteroatoms. The summed E-state index contributed by atoms with van der Waals surface area (Å²) in [5.41, 5.74) is 0. The minimum Gasteiger partial charge on any atom is -0.352 e. The van der Waals surface area contributed by atoms with Crippen LogP contribution >= 0.6 is 0 Å².